The number of methoxy groups -OCH3 is 2. The lowest BCUT2D eigenvalue weighted by Crippen LogP contribution is -2.18. The van der Waals surface area contributed by atoms with Crippen molar-refractivity contribution in [2.24, 2.45) is 0 Å². The summed E-state index contributed by atoms with van der Waals surface area (Å²) in [5.74, 6) is -1.06. The Hall–Kier alpha value is -4.14. The van der Waals surface area contributed by atoms with Crippen LogP contribution in [0.5, 0.6) is 17.2 Å². The third-order valence-corrected chi connectivity index (χ3v) is 4.29. The zero-order valence-corrected chi connectivity index (χ0v) is 15.5. The molecule has 9 nitrogen and oxygen atoms in total. The summed E-state index contributed by atoms with van der Waals surface area (Å²) in [5.41, 5.74) is -0.804. The van der Waals surface area contributed by atoms with Crippen molar-refractivity contribution in [1.29, 1.82) is 0 Å². The van der Waals surface area contributed by atoms with E-state index in [2.05, 4.69) is 0 Å². The van der Waals surface area contributed by atoms with Gasteiger partial charge in [-0.2, -0.15) is 0 Å². The van der Waals surface area contributed by atoms with Crippen molar-refractivity contribution in [2.75, 3.05) is 14.2 Å². The fourth-order valence-corrected chi connectivity index (χ4v) is 2.81. The van der Waals surface area contributed by atoms with Crippen LogP contribution in [0.4, 0.5) is 5.69 Å². The molecule has 1 heterocycles. The molecule has 1 aromatic heterocycles. The summed E-state index contributed by atoms with van der Waals surface area (Å²) in [4.78, 5) is 35.5. The van der Waals surface area contributed by atoms with Gasteiger partial charge in [0.25, 0.3) is 5.56 Å². The van der Waals surface area contributed by atoms with Crippen molar-refractivity contribution in [2.45, 2.75) is 0 Å². The van der Waals surface area contributed by atoms with Crippen LogP contribution < -0.4 is 15.0 Å². The fourth-order valence-electron chi connectivity index (χ4n) is 2.81. The molecule has 9 heteroatoms. The average molecular weight is 396 g/mol. The molecule has 29 heavy (non-hydrogen) atoms. The molecule has 2 aromatic carbocycles. The van der Waals surface area contributed by atoms with E-state index in [0.717, 1.165) is 0 Å². The maximum absolute atomic E-state index is 12.9. The number of nitrogens with zero attached hydrogens (tertiary/aromatic N) is 2. The average Bonchev–Trinajstić information content (AvgIpc) is 2.73. The van der Waals surface area contributed by atoms with Gasteiger partial charge in [0.1, 0.15) is 5.75 Å². The van der Waals surface area contributed by atoms with Crippen molar-refractivity contribution >= 4 is 11.5 Å². The maximum atomic E-state index is 12.9. The number of carbonyl (C=O) groups is 1. The van der Waals surface area contributed by atoms with Crippen molar-refractivity contribution < 1.29 is 24.3 Å². The first kappa shape index (κ1) is 19.6. The highest BCUT2D eigenvalue weighted by Crippen LogP contribution is 2.39. The van der Waals surface area contributed by atoms with Crippen LogP contribution in [-0.4, -0.2) is 34.6 Å². The molecule has 0 aliphatic rings. The summed E-state index contributed by atoms with van der Waals surface area (Å²) >= 11 is 0. The first-order chi connectivity index (χ1) is 13.9. The Morgan fingerprint density at radius 1 is 1.03 bits per heavy atom. The number of aromatic nitrogens is 1. The number of nitro benzene ring substituents is 1. The van der Waals surface area contributed by atoms with Crippen molar-refractivity contribution in [3.8, 4) is 22.9 Å². The molecule has 148 valence electrons. The van der Waals surface area contributed by atoms with Crippen LogP contribution in [-0.2, 0) is 0 Å². The summed E-state index contributed by atoms with van der Waals surface area (Å²) in [6, 6.07) is 11.6. The zero-order valence-electron chi connectivity index (χ0n) is 15.5. The number of ether oxygens (including phenoxy) is 2. The third-order valence-electron chi connectivity index (χ3n) is 4.29. The number of hydrogen-bond donors (Lipinski definition) is 1. The highest BCUT2D eigenvalue weighted by Gasteiger charge is 2.27. The number of benzene rings is 2. The van der Waals surface area contributed by atoms with Gasteiger partial charge in [-0.1, -0.05) is 0 Å². The molecule has 0 bridgehead atoms. The zero-order chi connectivity index (χ0) is 21.1. The van der Waals surface area contributed by atoms with Crippen molar-refractivity contribution in [1.82, 2.24) is 4.57 Å². The minimum atomic E-state index is -0.830. The van der Waals surface area contributed by atoms with E-state index in [1.807, 2.05) is 0 Å². The quantitative estimate of drug-likeness (QED) is 0.386. The van der Waals surface area contributed by atoms with Crippen LogP contribution in [0.25, 0.3) is 5.69 Å². The first-order valence-electron chi connectivity index (χ1n) is 8.33. The number of phenols is 1. The van der Waals surface area contributed by atoms with Crippen LogP contribution >= 0.6 is 0 Å². The van der Waals surface area contributed by atoms with Gasteiger partial charge in [0.05, 0.1) is 24.7 Å². The lowest BCUT2D eigenvalue weighted by molar-refractivity contribution is -0.386. The molecule has 0 fully saturated rings. The van der Waals surface area contributed by atoms with E-state index in [1.54, 1.807) is 24.3 Å². The van der Waals surface area contributed by atoms with Gasteiger partial charge < -0.3 is 14.6 Å². The van der Waals surface area contributed by atoms with E-state index < -0.39 is 22.1 Å². The Morgan fingerprint density at radius 3 is 2.31 bits per heavy atom. The Morgan fingerprint density at radius 2 is 1.72 bits per heavy atom. The van der Waals surface area contributed by atoms with Gasteiger partial charge in [0.15, 0.2) is 5.78 Å². The summed E-state index contributed by atoms with van der Waals surface area (Å²) in [6.45, 7) is 0. The van der Waals surface area contributed by atoms with Gasteiger partial charge in [0, 0.05) is 23.5 Å². The Labute approximate surface area is 164 Å². The summed E-state index contributed by atoms with van der Waals surface area (Å²) in [5, 5.41) is 21.5. The van der Waals surface area contributed by atoms with Gasteiger partial charge >= 0.3 is 5.69 Å². The molecule has 0 saturated carbocycles. The number of pyridine rings is 1. The second kappa shape index (κ2) is 7.85. The number of phenolic OH excluding ortho intramolecular Hbond substituents is 1. The molecule has 0 unspecified atom stereocenters. The minimum absolute atomic E-state index is 0.0650. The number of aromatic hydroxyl groups is 1. The summed E-state index contributed by atoms with van der Waals surface area (Å²) in [7, 11) is 2.73. The molecule has 0 spiro atoms. The molecule has 3 rings (SSSR count). The molecule has 0 amide bonds. The molecular formula is C20H16N2O7. The summed E-state index contributed by atoms with van der Waals surface area (Å²) < 4.78 is 11.2. The molecule has 0 aliphatic heterocycles. The Balaban J connectivity index is 2.08. The Kier molecular flexibility index (Phi) is 5.31. The molecule has 0 atom stereocenters. The fraction of sp³-hybridized carbons (Fsp3) is 0.100. The number of hydrogen-bond acceptors (Lipinski definition) is 7. The number of rotatable bonds is 6. The van der Waals surface area contributed by atoms with Gasteiger partial charge in [-0.15, -0.1) is 0 Å². The van der Waals surface area contributed by atoms with Gasteiger partial charge in [-0.25, -0.2) is 0 Å². The van der Waals surface area contributed by atoms with E-state index in [9.17, 15) is 24.8 Å². The van der Waals surface area contributed by atoms with Crippen LogP contribution in [0.1, 0.15) is 15.9 Å². The summed E-state index contributed by atoms with van der Waals surface area (Å²) in [6.07, 6.45) is 1.31. The predicted octanol–water partition coefficient (Wildman–Crippen LogP) is 2.70. The van der Waals surface area contributed by atoms with Gasteiger partial charge in [0.2, 0.25) is 11.5 Å². The second-order valence-corrected chi connectivity index (χ2v) is 5.92. The van der Waals surface area contributed by atoms with Crippen LogP contribution in [0, 0.1) is 10.1 Å². The molecule has 0 saturated heterocycles. The smallest absolute Gasteiger partial charge is 0.352 e. The monoisotopic (exact) mass is 396 g/mol. The van der Waals surface area contributed by atoms with Crippen LogP contribution in [0.15, 0.2) is 59.5 Å². The number of ketones is 1. The Bertz CT molecular complexity index is 1150. The van der Waals surface area contributed by atoms with Crippen LogP contribution in [0.2, 0.25) is 0 Å². The molecular weight excluding hydrogens is 380 g/mol. The topological polar surface area (TPSA) is 121 Å². The standard InChI is InChI=1S/C20H16N2O7/c1-28-14-6-4-13(5-7-14)21-11-12(3-10-17(21)23)19(24)15-8-9-16(29-2)18(20(15)25)22(26)27/h3-11,25H,1-2H3. The SMILES string of the molecule is COc1ccc(-n2cc(C(=O)c3ccc(OC)c([N+](=O)[O-])c3O)ccc2=O)cc1. The van der Waals surface area contributed by atoms with Crippen molar-refractivity contribution in [3.63, 3.8) is 0 Å². The number of nitro groups is 1. The molecule has 3 aromatic rings. The van der Waals surface area contributed by atoms with Gasteiger partial charge in [-0.05, 0) is 42.5 Å². The highest BCUT2D eigenvalue weighted by molar-refractivity contribution is 6.11. The van der Waals surface area contributed by atoms with Crippen LogP contribution in [0.3, 0.4) is 0 Å². The second-order valence-electron chi connectivity index (χ2n) is 5.92. The first-order valence-corrected chi connectivity index (χ1v) is 8.33. The van der Waals surface area contributed by atoms with E-state index in [-0.39, 0.29) is 22.4 Å². The lowest BCUT2D eigenvalue weighted by Gasteiger charge is -2.10. The predicted molar refractivity (Wildman–Crippen MR) is 103 cm³/mol. The largest absolute Gasteiger partial charge is 0.501 e. The minimum Gasteiger partial charge on any atom is -0.501 e. The van der Waals surface area contributed by atoms with Gasteiger partial charge in [-0.3, -0.25) is 24.3 Å². The number of carbonyl (C=O) groups excluding carboxylic acids is 1. The van der Waals surface area contributed by atoms with Crippen molar-refractivity contribution in [3.05, 3.63) is 86.3 Å². The van der Waals surface area contributed by atoms with E-state index in [0.29, 0.717) is 11.4 Å². The highest BCUT2D eigenvalue weighted by atomic mass is 16.6. The molecule has 0 aliphatic carbocycles. The van der Waals surface area contributed by atoms with E-state index in [4.69, 9.17) is 9.47 Å². The molecule has 1 N–H and O–H groups in total. The molecule has 0 radical (unpaired) electrons. The third kappa shape index (κ3) is 3.65. The van der Waals surface area contributed by atoms with E-state index in [1.165, 1.54) is 49.2 Å². The maximum Gasteiger partial charge on any atom is 0.352 e. The van der Waals surface area contributed by atoms with E-state index >= 15 is 0 Å². The normalized spacial score (nSPS) is 10.4. The lowest BCUT2D eigenvalue weighted by atomic mass is 10.0.